The van der Waals surface area contributed by atoms with Gasteiger partial charge in [0.25, 0.3) is 0 Å². The van der Waals surface area contributed by atoms with Gasteiger partial charge in [-0.3, -0.25) is 4.90 Å². The van der Waals surface area contributed by atoms with Gasteiger partial charge in [-0.1, -0.05) is 18.2 Å². The number of nitrogens with one attached hydrogen (secondary N) is 1. The van der Waals surface area contributed by atoms with Crippen molar-refractivity contribution in [3.8, 4) is 0 Å². The smallest absolute Gasteiger partial charge is 0.130 e. The summed E-state index contributed by atoms with van der Waals surface area (Å²) in [6.07, 6.45) is 2.18. The van der Waals surface area contributed by atoms with E-state index in [0.29, 0.717) is 12.5 Å². The number of pyridine rings is 1. The molecule has 0 bridgehead atoms. The maximum atomic E-state index is 9.23. The topological polar surface area (TPSA) is 48.4 Å². The first kappa shape index (κ1) is 14.3. The number of hydrogen-bond acceptors (Lipinski definition) is 4. The summed E-state index contributed by atoms with van der Waals surface area (Å²) >= 11 is 0. The van der Waals surface area contributed by atoms with Gasteiger partial charge in [-0.15, -0.1) is 0 Å². The summed E-state index contributed by atoms with van der Waals surface area (Å²) in [5, 5.41) is 13.6. The molecule has 1 aliphatic rings. The number of fused-ring (bicyclic) bond motifs is 1. The first-order valence-corrected chi connectivity index (χ1v) is 7.70. The highest BCUT2D eigenvalue weighted by Crippen LogP contribution is 2.24. The average molecular weight is 285 g/mol. The predicted molar refractivity (Wildman–Crippen MR) is 86.4 cm³/mol. The summed E-state index contributed by atoms with van der Waals surface area (Å²) < 4.78 is 0. The van der Waals surface area contributed by atoms with Gasteiger partial charge >= 0.3 is 0 Å². The van der Waals surface area contributed by atoms with Crippen molar-refractivity contribution in [2.75, 3.05) is 32.1 Å². The predicted octanol–water partition coefficient (Wildman–Crippen LogP) is 2.48. The van der Waals surface area contributed by atoms with Gasteiger partial charge in [0, 0.05) is 31.1 Å². The minimum absolute atomic E-state index is 0.327. The Bertz CT molecular complexity index is 606. The van der Waals surface area contributed by atoms with Crippen LogP contribution in [0.4, 0.5) is 5.82 Å². The lowest BCUT2D eigenvalue weighted by atomic mass is 9.97. The van der Waals surface area contributed by atoms with Gasteiger partial charge in [0.05, 0.1) is 5.52 Å². The number of benzene rings is 1. The largest absolute Gasteiger partial charge is 0.396 e. The zero-order valence-electron chi connectivity index (χ0n) is 12.5. The Balaban J connectivity index is 1.79. The molecular formula is C17H23N3O. The summed E-state index contributed by atoms with van der Waals surface area (Å²) in [6, 6.07) is 10.5. The van der Waals surface area contributed by atoms with Crippen LogP contribution in [0.2, 0.25) is 0 Å². The fraction of sp³-hybridized carbons (Fsp3) is 0.471. The number of nitrogens with zero attached hydrogens (tertiary/aromatic N) is 2. The molecule has 0 amide bonds. The van der Waals surface area contributed by atoms with Crippen LogP contribution in [-0.4, -0.2) is 41.7 Å². The summed E-state index contributed by atoms with van der Waals surface area (Å²) in [5.41, 5.74) is 2.28. The molecule has 1 aromatic heterocycles. The number of rotatable bonds is 4. The SMILES string of the molecule is CNc1nc2ccccc2cc1CN1CCC(CO)CC1. The van der Waals surface area contributed by atoms with Crippen molar-refractivity contribution in [1.82, 2.24) is 9.88 Å². The quantitative estimate of drug-likeness (QED) is 0.906. The maximum Gasteiger partial charge on any atom is 0.130 e. The van der Waals surface area contributed by atoms with Crippen LogP contribution in [-0.2, 0) is 6.54 Å². The van der Waals surface area contributed by atoms with Crippen LogP contribution in [0, 0.1) is 5.92 Å². The highest BCUT2D eigenvalue weighted by molar-refractivity contribution is 5.81. The molecule has 21 heavy (non-hydrogen) atoms. The minimum atomic E-state index is 0.327. The maximum absolute atomic E-state index is 9.23. The number of anilines is 1. The van der Waals surface area contributed by atoms with E-state index in [9.17, 15) is 5.11 Å². The number of aliphatic hydroxyl groups is 1. The van der Waals surface area contributed by atoms with E-state index >= 15 is 0 Å². The van der Waals surface area contributed by atoms with E-state index in [1.54, 1.807) is 0 Å². The van der Waals surface area contributed by atoms with Crippen LogP contribution in [0.1, 0.15) is 18.4 Å². The monoisotopic (exact) mass is 285 g/mol. The second-order valence-electron chi connectivity index (χ2n) is 5.84. The first-order valence-electron chi connectivity index (χ1n) is 7.70. The molecule has 4 nitrogen and oxygen atoms in total. The molecule has 3 rings (SSSR count). The highest BCUT2D eigenvalue weighted by Gasteiger charge is 2.19. The van der Waals surface area contributed by atoms with Gasteiger partial charge in [-0.25, -0.2) is 4.98 Å². The Labute approximate surface area is 125 Å². The molecule has 1 aliphatic heterocycles. The minimum Gasteiger partial charge on any atom is -0.396 e. The number of aromatic nitrogens is 1. The summed E-state index contributed by atoms with van der Waals surface area (Å²) in [4.78, 5) is 7.17. The normalized spacial score (nSPS) is 17.2. The number of hydrogen-bond donors (Lipinski definition) is 2. The first-order chi connectivity index (χ1) is 10.3. The zero-order chi connectivity index (χ0) is 14.7. The van der Waals surface area contributed by atoms with Gasteiger partial charge in [0.1, 0.15) is 5.82 Å². The second-order valence-corrected chi connectivity index (χ2v) is 5.84. The fourth-order valence-electron chi connectivity index (χ4n) is 3.06. The molecule has 0 unspecified atom stereocenters. The van der Waals surface area contributed by atoms with Gasteiger partial charge in [0.15, 0.2) is 0 Å². The molecule has 2 aromatic rings. The van der Waals surface area contributed by atoms with Crippen molar-refractivity contribution in [2.45, 2.75) is 19.4 Å². The lowest BCUT2D eigenvalue weighted by molar-refractivity contribution is 0.127. The fourth-order valence-corrected chi connectivity index (χ4v) is 3.06. The summed E-state index contributed by atoms with van der Waals surface area (Å²) in [7, 11) is 1.93. The van der Waals surface area contributed by atoms with Crippen LogP contribution in [0.3, 0.4) is 0 Å². The van der Waals surface area contributed by atoms with Crippen LogP contribution >= 0.6 is 0 Å². The molecule has 0 spiro atoms. The van der Waals surface area contributed by atoms with Crippen molar-refractivity contribution >= 4 is 16.7 Å². The molecule has 0 atom stereocenters. The van der Waals surface area contributed by atoms with E-state index in [1.807, 2.05) is 19.2 Å². The number of para-hydroxylation sites is 1. The Morgan fingerprint density at radius 1 is 1.29 bits per heavy atom. The Kier molecular flexibility index (Phi) is 4.36. The third-order valence-electron chi connectivity index (χ3n) is 4.40. The van der Waals surface area contributed by atoms with Gasteiger partial charge in [0.2, 0.25) is 0 Å². The van der Waals surface area contributed by atoms with E-state index in [1.165, 1.54) is 10.9 Å². The van der Waals surface area contributed by atoms with Crippen molar-refractivity contribution in [3.05, 3.63) is 35.9 Å². The number of aliphatic hydroxyl groups excluding tert-OH is 1. The molecule has 2 heterocycles. The van der Waals surface area contributed by atoms with Crippen molar-refractivity contribution < 1.29 is 5.11 Å². The molecule has 1 saturated heterocycles. The van der Waals surface area contributed by atoms with Crippen LogP contribution in [0.25, 0.3) is 10.9 Å². The van der Waals surface area contributed by atoms with E-state index in [0.717, 1.165) is 43.8 Å². The highest BCUT2D eigenvalue weighted by atomic mass is 16.3. The number of likely N-dealkylation sites (tertiary alicyclic amines) is 1. The van der Waals surface area contributed by atoms with Crippen molar-refractivity contribution in [1.29, 1.82) is 0 Å². The molecule has 0 aliphatic carbocycles. The summed E-state index contributed by atoms with van der Waals surface area (Å²) in [5.74, 6) is 1.46. The molecule has 1 aromatic carbocycles. The third-order valence-corrected chi connectivity index (χ3v) is 4.40. The zero-order valence-corrected chi connectivity index (χ0v) is 12.5. The molecule has 0 radical (unpaired) electrons. The van der Waals surface area contributed by atoms with Crippen LogP contribution in [0.15, 0.2) is 30.3 Å². The third kappa shape index (κ3) is 3.17. The van der Waals surface area contributed by atoms with Crippen molar-refractivity contribution in [3.63, 3.8) is 0 Å². The van der Waals surface area contributed by atoms with Gasteiger partial charge in [-0.05, 0) is 44.0 Å². The average Bonchev–Trinajstić information content (AvgIpc) is 2.55. The van der Waals surface area contributed by atoms with E-state index in [2.05, 4.69) is 28.4 Å². The van der Waals surface area contributed by atoms with E-state index < -0.39 is 0 Å². The molecule has 2 N–H and O–H groups in total. The molecular weight excluding hydrogens is 262 g/mol. The van der Waals surface area contributed by atoms with Gasteiger partial charge < -0.3 is 10.4 Å². The molecule has 1 fully saturated rings. The summed E-state index contributed by atoms with van der Waals surface area (Å²) in [6.45, 7) is 3.36. The van der Waals surface area contributed by atoms with Gasteiger partial charge in [-0.2, -0.15) is 0 Å². The second kappa shape index (κ2) is 6.41. The van der Waals surface area contributed by atoms with Crippen LogP contribution < -0.4 is 5.32 Å². The van der Waals surface area contributed by atoms with E-state index in [-0.39, 0.29) is 0 Å². The Morgan fingerprint density at radius 3 is 2.76 bits per heavy atom. The standard InChI is InChI=1S/C17H23N3O/c1-18-17-15(10-14-4-2-3-5-16(14)19-17)11-20-8-6-13(12-21)7-9-20/h2-5,10,13,21H,6-9,11-12H2,1H3,(H,18,19). The van der Waals surface area contributed by atoms with E-state index in [4.69, 9.17) is 4.98 Å². The van der Waals surface area contributed by atoms with Crippen molar-refractivity contribution in [2.24, 2.45) is 5.92 Å². The Hall–Kier alpha value is -1.65. The molecule has 4 heteroatoms. The lowest BCUT2D eigenvalue weighted by Gasteiger charge is -2.31. The number of piperidine rings is 1. The lowest BCUT2D eigenvalue weighted by Crippen LogP contribution is -2.34. The molecule has 0 saturated carbocycles. The van der Waals surface area contributed by atoms with Crippen LogP contribution in [0.5, 0.6) is 0 Å². The molecule has 112 valence electrons. The Morgan fingerprint density at radius 2 is 2.05 bits per heavy atom.